The van der Waals surface area contributed by atoms with Gasteiger partial charge in [0.05, 0.1) is 5.56 Å². The molecule has 1 fully saturated rings. The monoisotopic (exact) mass is 347 g/mol. The molecule has 1 aromatic heterocycles. The van der Waals surface area contributed by atoms with Crippen molar-refractivity contribution in [3.05, 3.63) is 76.2 Å². The average Bonchev–Trinajstić information content (AvgIpc) is 2.69. The van der Waals surface area contributed by atoms with Crippen molar-refractivity contribution in [2.45, 2.75) is 6.92 Å². The molecule has 5 heteroatoms. The van der Waals surface area contributed by atoms with Gasteiger partial charge in [-0.15, -0.1) is 0 Å². The summed E-state index contributed by atoms with van der Waals surface area (Å²) in [5, 5.41) is 1.26. The van der Waals surface area contributed by atoms with Crippen LogP contribution in [0.5, 0.6) is 0 Å². The molecule has 0 radical (unpaired) electrons. The molecule has 0 bridgehead atoms. The van der Waals surface area contributed by atoms with Gasteiger partial charge >= 0.3 is 0 Å². The minimum Gasteiger partial charge on any atom is -0.368 e. The van der Waals surface area contributed by atoms with Crippen molar-refractivity contribution in [1.29, 1.82) is 0 Å². The Bertz CT molecular complexity index is 1020. The van der Waals surface area contributed by atoms with E-state index >= 15 is 0 Å². The van der Waals surface area contributed by atoms with Gasteiger partial charge in [0, 0.05) is 48.8 Å². The number of carbonyl (C=O) groups excluding carboxylic acids is 1. The highest BCUT2D eigenvalue weighted by Gasteiger charge is 2.24. The number of aromatic amines is 1. The van der Waals surface area contributed by atoms with Crippen LogP contribution in [0.2, 0.25) is 0 Å². The van der Waals surface area contributed by atoms with Crippen LogP contribution < -0.4 is 10.5 Å². The molecule has 3 aromatic rings. The summed E-state index contributed by atoms with van der Waals surface area (Å²) in [4.78, 5) is 31.9. The number of hydrogen-bond acceptors (Lipinski definition) is 3. The number of nitrogens with one attached hydrogen (secondary N) is 1. The Hall–Kier alpha value is -3.08. The second-order valence-electron chi connectivity index (χ2n) is 6.64. The molecule has 1 N–H and O–H groups in total. The standard InChI is InChI=1S/C21H21N3O2/c1-15-6-2-5-9-19(15)23-10-12-24(13-11-23)21(26)18-14-22-20(25)17-8-4-3-7-16(17)18/h2-9,14H,10-13H2,1H3,(H,22,25). The smallest absolute Gasteiger partial charge is 0.256 e. The number of hydrogen-bond donors (Lipinski definition) is 1. The maximum absolute atomic E-state index is 13.0. The van der Waals surface area contributed by atoms with Gasteiger partial charge in [0.15, 0.2) is 0 Å². The molecule has 0 atom stereocenters. The van der Waals surface area contributed by atoms with Gasteiger partial charge in [-0.3, -0.25) is 9.59 Å². The Morgan fingerprint density at radius 1 is 0.923 bits per heavy atom. The number of pyridine rings is 1. The molecule has 26 heavy (non-hydrogen) atoms. The summed E-state index contributed by atoms with van der Waals surface area (Å²) in [7, 11) is 0. The molecular weight excluding hydrogens is 326 g/mol. The van der Waals surface area contributed by atoms with Gasteiger partial charge in [0.2, 0.25) is 0 Å². The van der Waals surface area contributed by atoms with Gasteiger partial charge in [0.1, 0.15) is 0 Å². The Labute approximate surface area is 151 Å². The predicted octanol–water partition coefficient (Wildman–Crippen LogP) is 2.80. The zero-order valence-electron chi connectivity index (χ0n) is 14.7. The van der Waals surface area contributed by atoms with Crippen molar-refractivity contribution in [1.82, 2.24) is 9.88 Å². The summed E-state index contributed by atoms with van der Waals surface area (Å²) in [6.45, 7) is 5.05. The van der Waals surface area contributed by atoms with E-state index in [0.717, 1.165) is 13.1 Å². The lowest BCUT2D eigenvalue weighted by Gasteiger charge is -2.37. The maximum Gasteiger partial charge on any atom is 0.256 e. The molecule has 2 aromatic carbocycles. The van der Waals surface area contributed by atoms with Crippen LogP contribution in [0.4, 0.5) is 5.69 Å². The van der Waals surface area contributed by atoms with E-state index < -0.39 is 0 Å². The van der Waals surface area contributed by atoms with Crippen molar-refractivity contribution >= 4 is 22.4 Å². The van der Waals surface area contributed by atoms with E-state index in [1.165, 1.54) is 11.3 Å². The Morgan fingerprint density at radius 3 is 2.31 bits per heavy atom. The first-order valence-electron chi connectivity index (χ1n) is 8.85. The van der Waals surface area contributed by atoms with E-state index in [4.69, 9.17) is 0 Å². The molecule has 1 saturated heterocycles. The highest BCUT2D eigenvalue weighted by Crippen LogP contribution is 2.22. The van der Waals surface area contributed by atoms with Gasteiger partial charge in [-0.1, -0.05) is 36.4 Å². The fourth-order valence-electron chi connectivity index (χ4n) is 3.63. The van der Waals surface area contributed by atoms with Crippen LogP contribution in [0, 0.1) is 6.92 Å². The minimum atomic E-state index is -0.165. The highest BCUT2D eigenvalue weighted by molar-refractivity contribution is 6.06. The van der Waals surface area contributed by atoms with E-state index in [1.54, 1.807) is 12.3 Å². The number of piperazine rings is 1. The number of fused-ring (bicyclic) bond motifs is 1. The minimum absolute atomic E-state index is 0.0260. The van der Waals surface area contributed by atoms with Crippen LogP contribution in [0.1, 0.15) is 15.9 Å². The number of benzene rings is 2. The first-order chi connectivity index (χ1) is 12.6. The zero-order valence-corrected chi connectivity index (χ0v) is 14.7. The number of amides is 1. The zero-order chi connectivity index (χ0) is 18.1. The number of anilines is 1. The second kappa shape index (κ2) is 6.67. The second-order valence-corrected chi connectivity index (χ2v) is 6.64. The Kier molecular flexibility index (Phi) is 4.21. The van der Waals surface area contributed by atoms with E-state index in [0.29, 0.717) is 29.4 Å². The van der Waals surface area contributed by atoms with Gasteiger partial charge in [-0.05, 0) is 24.6 Å². The maximum atomic E-state index is 13.0. The molecule has 132 valence electrons. The van der Waals surface area contributed by atoms with Crippen molar-refractivity contribution in [3.63, 3.8) is 0 Å². The molecule has 2 heterocycles. The van der Waals surface area contributed by atoms with Crippen LogP contribution in [-0.2, 0) is 0 Å². The van der Waals surface area contributed by atoms with Gasteiger partial charge in [-0.2, -0.15) is 0 Å². The topological polar surface area (TPSA) is 56.4 Å². The van der Waals surface area contributed by atoms with Gasteiger partial charge < -0.3 is 14.8 Å². The lowest BCUT2D eigenvalue weighted by molar-refractivity contribution is 0.0748. The van der Waals surface area contributed by atoms with Gasteiger partial charge in [-0.25, -0.2) is 0 Å². The third kappa shape index (κ3) is 2.86. The lowest BCUT2D eigenvalue weighted by Crippen LogP contribution is -2.49. The van der Waals surface area contributed by atoms with Crippen molar-refractivity contribution in [3.8, 4) is 0 Å². The molecule has 0 aliphatic carbocycles. The number of rotatable bonds is 2. The Morgan fingerprint density at radius 2 is 1.58 bits per heavy atom. The third-order valence-electron chi connectivity index (χ3n) is 5.06. The molecule has 0 unspecified atom stereocenters. The number of para-hydroxylation sites is 1. The quantitative estimate of drug-likeness (QED) is 0.775. The predicted molar refractivity (Wildman–Crippen MR) is 104 cm³/mol. The fraction of sp³-hybridized carbons (Fsp3) is 0.238. The molecule has 1 aliphatic rings. The fourth-order valence-corrected chi connectivity index (χ4v) is 3.63. The van der Waals surface area contributed by atoms with Crippen molar-refractivity contribution in [2.75, 3.05) is 31.1 Å². The normalized spacial score (nSPS) is 14.7. The van der Waals surface area contributed by atoms with Crippen LogP contribution in [0.15, 0.2) is 59.5 Å². The first-order valence-corrected chi connectivity index (χ1v) is 8.85. The summed E-state index contributed by atoms with van der Waals surface area (Å²) in [6, 6.07) is 15.6. The largest absolute Gasteiger partial charge is 0.368 e. The van der Waals surface area contributed by atoms with Crippen LogP contribution in [-0.4, -0.2) is 42.0 Å². The molecule has 1 aliphatic heterocycles. The average molecular weight is 347 g/mol. The van der Waals surface area contributed by atoms with Crippen LogP contribution in [0.25, 0.3) is 10.8 Å². The SMILES string of the molecule is Cc1ccccc1N1CCN(C(=O)c2c[nH]c(=O)c3ccccc23)CC1. The Balaban J connectivity index is 1.56. The lowest BCUT2D eigenvalue weighted by atomic mass is 10.1. The van der Waals surface area contributed by atoms with E-state index in [2.05, 4.69) is 28.9 Å². The molecule has 5 nitrogen and oxygen atoms in total. The molecule has 1 amide bonds. The first kappa shape index (κ1) is 16.4. The summed E-state index contributed by atoms with van der Waals surface area (Å²) in [6.07, 6.45) is 1.54. The van der Waals surface area contributed by atoms with E-state index in [-0.39, 0.29) is 11.5 Å². The summed E-state index contributed by atoms with van der Waals surface area (Å²) < 4.78 is 0. The third-order valence-corrected chi connectivity index (χ3v) is 5.06. The van der Waals surface area contributed by atoms with Crippen LogP contribution >= 0.6 is 0 Å². The highest BCUT2D eigenvalue weighted by atomic mass is 16.2. The summed E-state index contributed by atoms with van der Waals surface area (Å²) >= 11 is 0. The van der Waals surface area contributed by atoms with Crippen molar-refractivity contribution < 1.29 is 4.79 Å². The molecule has 0 saturated carbocycles. The number of H-pyrrole nitrogens is 1. The van der Waals surface area contributed by atoms with Crippen LogP contribution in [0.3, 0.4) is 0 Å². The van der Waals surface area contributed by atoms with Gasteiger partial charge in [0.25, 0.3) is 11.5 Å². The molecule has 0 spiro atoms. The van der Waals surface area contributed by atoms with Crippen molar-refractivity contribution in [2.24, 2.45) is 0 Å². The molecular formula is C21H21N3O2. The number of nitrogens with zero attached hydrogens (tertiary/aromatic N) is 2. The number of aryl methyl sites for hydroxylation is 1. The number of carbonyl (C=O) groups is 1. The summed E-state index contributed by atoms with van der Waals surface area (Å²) in [5.41, 5.74) is 2.87. The van der Waals surface area contributed by atoms with E-state index in [9.17, 15) is 9.59 Å². The van der Waals surface area contributed by atoms with E-state index in [1.807, 2.05) is 35.2 Å². The number of aromatic nitrogens is 1. The molecule has 4 rings (SSSR count). The summed E-state index contributed by atoms with van der Waals surface area (Å²) in [5.74, 6) is -0.0260.